The molecule has 0 spiro atoms. The second kappa shape index (κ2) is 7.80. The van der Waals surface area contributed by atoms with E-state index in [-0.39, 0.29) is 0 Å². The molecule has 2 heteroatoms. The summed E-state index contributed by atoms with van der Waals surface area (Å²) in [7, 11) is 0. The monoisotopic (exact) mass is 256 g/mol. The first-order valence-corrected chi connectivity index (χ1v) is 7.28. The van der Waals surface area contributed by atoms with Crippen LogP contribution in [0.1, 0.15) is 31.7 Å². The van der Waals surface area contributed by atoms with Crippen molar-refractivity contribution in [3.05, 3.63) is 60.3 Å². The number of rotatable bonds is 7. The van der Waals surface area contributed by atoms with Gasteiger partial charge in [0, 0.05) is 19.3 Å². The van der Waals surface area contributed by atoms with Gasteiger partial charge >= 0.3 is 0 Å². The van der Waals surface area contributed by atoms with Gasteiger partial charge in [-0.25, -0.2) is 0 Å². The van der Waals surface area contributed by atoms with Crippen LogP contribution in [0.4, 0.5) is 0 Å². The molecule has 19 heavy (non-hydrogen) atoms. The summed E-state index contributed by atoms with van der Waals surface area (Å²) in [6.07, 6.45) is 12.8. The molecule has 1 aliphatic heterocycles. The summed E-state index contributed by atoms with van der Waals surface area (Å²) in [6.45, 7) is 4.28. The second-order valence-electron chi connectivity index (χ2n) is 4.98. The molecular weight excluding hydrogens is 232 g/mol. The third-order valence-corrected chi connectivity index (χ3v) is 3.42. The summed E-state index contributed by atoms with van der Waals surface area (Å²) in [5, 5.41) is 3.60. The fourth-order valence-electron chi connectivity index (χ4n) is 2.29. The first-order chi connectivity index (χ1) is 9.40. The summed E-state index contributed by atoms with van der Waals surface area (Å²) in [4.78, 5) is 2.39. The zero-order valence-corrected chi connectivity index (χ0v) is 11.8. The van der Waals surface area contributed by atoms with Crippen LogP contribution in [0.3, 0.4) is 0 Å². The molecule has 0 amide bonds. The van der Waals surface area contributed by atoms with Gasteiger partial charge in [-0.1, -0.05) is 56.2 Å². The molecule has 0 aliphatic carbocycles. The lowest BCUT2D eigenvalue weighted by Crippen LogP contribution is -2.42. The number of nitrogens with zero attached hydrogens (tertiary/aromatic N) is 1. The highest BCUT2D eigenvalue weighted by Crippen LogP contribution is 2.09. The third-order valence-electron chi connectivity index (χ3n) is 3.42. The number of allylic oxidation sites excluding steroid dienone is 2. The molecule has 0 fully saturated rings. The number of unbranched alkanes of at least 4 members (excludes halogenated alkanes) is 2. The van der Waals surface area contributed by atoms with Crippen LogP contribution in [0, 0.1) is 0 Å². The van der Waals surface area contributed by atoms with Crippen molar-refractivity contribution in [2.45, 2.75) is 38.9 Å². The van der Waals surface area contributed by atoms with Crippen LogP contribution < -0.4 is 5.32 Å². The maximum atomic E-state index is 3.60. The van der Waals surface area contributed by atoms with Crippen LogP contribution in [0.25, 0.3) is 0 Å². The van der Waals surface area contributed by atoms with Crippen molar-refractivity contribution in [2.75, 3.05) is 6.54 Å². The molecule has 1 unspecified atom stereocenters. The van der Waals surface area contributed by atoms with E-state index in [2.05, 4.69) is 71.9 Å². The van der Waals surface area contributed by atoms with Crippen molar-refractivity contribution in [1.82, 2.24) is 10.2 Å². The van der Waals surface area contributed by atoms with Gasteiger partial charge in [-0.05, 0) is 24.1 Å². The molecule has 102 valence electrons. The van der Waals surface area contributed by atoms with Gasteiger partial charge in [0.25, 0.3) is 0 Å². The molecular formula is C17H24N2. The van der Waals surface area contributed by atoms with Crippen molar-refractivity contribution in [1.29, 1.82) is 0 Å². The molecule has 0 bridgehead atoms. The van der Waals surface area contributed by atoms with Gasteiger partial charge in [0.1, 0.15) is 0 Å². The number of nitrogens with one attached hydrogen (secondary N) is 1. The molecule has 0 radical (unpaired) electrons. The minimum Gasteiger partial charge on any atom is -0.359 e. The van der Waals surface area contributed by atoms with Crippen molar-refractivity contribution in [2.24, 2.45) is 0 Å². The van der Waals surface area contributed by atoms with Gasteiger partial charge < -0.3 is 4.90 Å². The van der Waals surface area contributed by atoms with Crippen molar-refractivity contribution in [3.8, 4) is 0 Å². The highest BCUT2D eigenvalue weighted by Gasteiger charge is 2.12. The Morgan fingerprint density at radius 2 is 1.95 bits per heavy atom. The van der Waals surface area contributed by atoms with Gasteiger partial charge in [0.15, 0.2) is 0 Å². The fraction of sp³-hybridized carbons (Fsp3) is 0.412. The Morgan fingerprint density at radius 3 is 2.74 bits per heavy atom. The lowest BCUT2D eigenvalue weighted by atomic mass is 10.2. The molecule has 1 heterocycles. The second-order valence-corrected chi connectivity index (χ2v) is 4.98. The fourth-order valence-corrected chi connectivity index (χ4v) is 2.29. The van der Waals surface area contributed by atoms with E-state index in [0.29, 0.717) is 6.17 Å². The predicted octanol–water partition coefficient (Wildman–Crippen LogP) is 3.68. The average molecular weight is 256 g/mol. The largest absolute Gasteiger partial charge is 0.359 e. The van der Waals surface area contributed by atoms with Crippen molar-refractivity contribution >= 4 is 0 Å². The summed E-state index contributed by atoms with van der Waals surface area (Å²) < 4.78 is 0. The van der Waals surface area contributed by atoms with Gasteiger partial charge in [0.2, 0.25) is 0 Å². The van der Waals surface area contributed by atoms with Crippen LogP contribution in [0.2, 0.25) is 0 Å². The molecule has 1 atom stereocenters. The SMILES string of the molecule is CCCCCN1C=CC=CC1NCc1ccccc1. The lowest BCUT2D eigenvalue weighted by Gasteiger charge is -2.31. The zero-order valence-electron chi connectivity index (χ0n) is 11.8. The first kappa shape index (κ1) is 13.9. The summed E-state index contributed by atoms with van der Waals surface area (Å²) >= 11 is 0. The Bertz CT molecular complexity index is 409. The van der Waals surface area contributed by atoms with E-state index in [1.807, 2.05) is 0 Å². The third kappa shape index (κ3) is 4.56. The van der Waals surface area contributed by atoms with E-state index in [1.165, 1.54) is 24.8 Å². The Hall–Kier alpha value is -1.54. The minimum atomic E-state index is 0.321. The van der Waals surface area contributed by atoms with E-state index < -0.39 is 0 Å². The molecule has 0 saturated heterocycles. The Labute approximate surface area is 116 Å². The zero-order chi connectivity index (χ0) is 13.3. The Balaban J connectivity index is 1.83. The Kier molecular flexibility index (Phi) is 5.70. The molecule has 1 aromatic carbocycles. The van der Waals surface area contributed by atoms with Gasteiger partial charge in [-0.3, -0.25) is 5.32 Å². The van der Waals surface area contributed by atoms with Crippen molar-refractivity contribution in [3.63, 3.8) is 0 Å². The summed E-state index contributed by atoms with van der Waals surface area (Å²) in [5.41, 5.74) is 1.33. The number of benzene rings is 1. The predicted molar refractivity (Wildman–Crippen MR) is 81.6 cm³/mol. The molecule has 1 N–H and O–H groups in total. The van der Waals surface area contributed by atoms with E-state index >= 15 is 0 Å². The van der Waals surface area contributed by atoms with Gasteiger partial charge in [-0.2, -0.15) is 0 Å². The maximum Gasteiger partial charge on any atom is 0.0987 e. The molecule has 0 aromatic heterocycles. The van der Waals surface area contributed by atoms with Crippen LogP contribution >= 0.6 is 0 Å². The molecule has 1 aromatic rings. The highest BCUT2D eigenvalue weighted by atomic mass is 15.2. The normalized spacial score (nSPS) is 17.9. The van der Waals surface area contributed by atoms with E-state index in [0.717, 1.165) is 13.1 Å². The smallest absolute Gasteiger partial charge is 0.0987 e. The number of hydrogen-bond donors (Lipinski definition) is 1. The minimum absolute atomic E-state index is 0.321. The first-order valence-electron chi connectivity index (χ1n) is 7.28. The maximum absolute atomic E-state index is 3.60. The van der Waals surface area contributed by atoms with Crippen LogP contribution in [-0.2, 0) is 6.54 Å². The summed E-state index contributed by atoms with van der Waals surface area (Å²) in [5.74, 6) is 0. The standard InChI is InChI=1S/C17H24N2/c1-2-3-8-13-19-14-9-7-12-17(19)18-15-16-10-5-4-6-11-16/h4-7,9-12,14,17-18H,2-3,8,13,15H2,1H3. The van der Waals surface area contributed by atoms with E-state index in [9.17, 15) is 0 Å². The van der Waals surface area contributed by atoms with Crippen LogP contribution in [0.5, 0.6) is 0 Å². The molecule has 1 aliphatic rings. The van der Waals surface area contributed by atoms with Gasteiger partial charge in [0.05, 0.1) is 6.17 Å². The van der Waals surface area contributed by atoms with Gasteiger partial charge in [-0.15, -0.1) is 0 Å². The van der Waals surface area contributed by atoms with Crippen LogP contribution in [0.15, 0.2) is 54.8 Å². The highest BCUT2D eigenvalue weighted by molar-refractivity contribution is 5.16. The molecule has 2 rings (SSSR count). The number of hydrogen-bond acceptors (Lipinski definition) is 2. The van der Waals surface area contributed by atoms with E-state index in [1.54, 1.807) is 0 Å². The average Bonchev–Trinajstić information content (AvgIpc) is 2.48. The Morgan fingerprint density at radius 1 is 1.11 bits per heavy atom. The van der Waals surface area contributed by atoms with Crippen LogP contribution in [-0.4, -0.2) is 17.6 Å². The lowest BCUT2D eigenvalue weighted by molar-refractivity contribution is 0.266. The quantitative estimate of drug-likeness (QED) is 0.749. The van der Waals surface area contributed by atoms with E-state index in [4.69, 9.17) is 0 Å². The van der Waals surface area contributed by atoms with Crippen molar-refractivity contribution < 1.29 is 0 Å². The topological polar surface area (TPSA) is 15.3 Å². The summed E-state index contributed by atoms with van der Waals surface area (Å²) in [6, 6.07) is 10.6. The molecule has 2 nitrogen and oxygen atoms in total. The molecule has 0 saturated carbocycles.